The molecule has 0 unspecified atom stereocenters. The molecule has 0 amide bonds. The number of rotatable bonds is 5. The highest BCUT2D eigenvalue weighted by Crippen LogP contribution is 2.31. The molecule has 158 valence electrons. The summed E-state index contributed by atoms with van der Waals surface area (Å²) in [6.07, 6.45) is 4.99. The molecule has 5 rings (SSSR count). The van der Waals surface area contributed by atoms with E-state index in [1.165, 1.54) is 27.5 Å². The van der Waals surface area contributed by atoms with Crippen molar-refractivity contribution >= 4 is 23.2 Å². The largest absolute Gasteiger partial charge is 0.372 e. The van der Waals surface area contributed by atoms with E-state index < -0.39 is 0 Å². The average Bonchev–Trinajstić information content (AvgIpc) is 2.83. The second-order valence-corrected chi connectivity index (χ2v) is 8.00. The monoisotopic (exact) mass is 430 g/mol. The Morgan fingerprint density at radius 1 is 0.871 bits per heavy atom. The number of hydrogen-bond donors (Lipinski definition) is 1. The second-order valence-electron chi connectivity index (χ2n) is 8.00. The van der Waals surface area contributed by atoms with E-state index in [2.05, 4.69) is 83.1 Å². The van der Waals surface area contributed by atoms with Gasteiger partial charge < -0.3 is 10.1 Å². The minimum atomic E-state index is 0. The molecule has 0 aliphatic carbocycles. The van der Waals surface area contributed by atoms with Crippen LogP contribution in [0, 0.1) is 0 Å². The summed E-state index contributed by atoms with van der Waals surface area (Å²) < 4.78 is 6.46. The number of hydrogen-bond acceptors (Lipinski definition) is 3. The lowest BCUT2D eigenvalue weighted by Crippen LogP contribution is -2.41. The number of aromatic nitrogens is 1. The number of nitrogens with zero attached hydrogens (tertiary/aromatic N) is 1. The fourth-order valence-corrected chi connectivity index (χ4v) is 4.40. The van der Waals surface area contributed by atoms with Crippen molar-refractivity contribution in [2.24, 2.45) is 0 Å². The molecule has 1 aliphatic heterocycles. The minimum absolute atomic E-state index is 0. The van der Waals surface area contributed by atoms with Crippen LogP contribution in [0.3, 0.4) is 0 Å². The molecule has 0 spiro atoms. The molecule has 1 aromatic heterocycles. The van der Waals surface area contributed by atoms with Gasteiger partial charge in [0.05, 0.1) is 12.7 Å². The van der Waals surface area contributed by atoms with Gasteiger partial charge in [0, 0.05) is 24.9 Å². The van der Waals surface area contributed by atoms with E-state index >= 15 is 0 Å². The highest BCUT2D eigenvalue weighted by atomic mass is 35.5. The zero-order valence-electron chi connectivity index (χ0n) is 17.4. The summed E-state index contributed by atoms with van der Waals surface area (Å²) >= 11 is 0. The third kappa shape index (κ3) is 4.96. The maximum Gasteiger partial charge on any atom is 0.0772 e. The predicted molar refractivity (Wildman–Crippen MR) is 130 cm³/mol. The van der Waals surface area contributed by atoms with Gasteiger partial charge in [0.15, 0.2) is 0 Å². The van der Waals surface area contributed by atoms with Gasteiger partial charge in [-0.3, -0.25) is 4.98 Å². The number of piperidine rings is 1. The maximum atomic E-state index is 6.46. The quantitative estimate of drug-likeness (QED) is 0.422. The molecular formula is C27H27ClN2O. The fraction of sp³-hybridized carbons (Fsp3) is 0.222. The van der Waals surface area contributed by atoms with Crippen LogP contribution in [0.2, 0.25) is 0 Å². The van der Waals surface area contributed by atoms with Crippen molar-refractivity contribution in [3.63, 3.8) is 0 Å². The van der Waals surface area contributed by atoms with E-state index in [0.717, 1.165) is 25.1 Å². The van der Waals surface area contributed by atoms with Gasteiger partial charge in [-0.1, -0.05) is 66.7 Å². The topological polar surface area (TPSA) is 34.2 Å². The number of pyridine rings is 1. The second kappa shape index (κ2) is 10.1. The first-order valence-corrected chi connectivity index (χ1v) is 10.7. The Kier molecular flexibility index (Phi) is 6.98. The van der Waals surface area contributed by atoms with Gasteiger partial charge in [-0.05, 0) is 58.1 Å². The van der Waals surface area contributed by atoms with Crippen molar-refractivity contribution in [1.29, 1.82) is 0 Å². The SMILES string of the molecule is Cl.c1cncc(-c2cccc([C@H]3CCNC[C@@H]3OCc3ccc4ccccc4c3)c2)c1. The molecule has 2 heterocycles. The van der Waals surface area contributed by atoms with Crippen LogP contribution in [0.4, 0.5) is 0 Å². The lowest BCUT2D eigenvalue weighted by atomic mass is 9.86. The van der Waals surface area contributed by atoms with E-state index in [-0.39, 0.29) is 18.5 Å². The molecule has 0 saturated carbocycles. The van der Waals surface area contributed by atoms with E-state index in [9.17, 15) is 0 Å². The third-order valence-corrected chi connectivity index (χ3v) is 6.01. The summed E-state index contributed by atoms with van der Waals surface area (Å²) in [7, 11) is 0. The van der Waals surface area contributed by atoms with Crippen molar-refractivity contribution in [2.75, 3.05) is 13.1 Å². The lowest BCUT2D eigenvalue weighted by molar-refractivity contribution is 0.0107. The Morgan fingerprint density at radius 3 is 2.61 bits per heavy atom. The molecule has 1 N–H and O–H groups in total. The maximum absolute atomic E-state index is 6.46. The number of fused-ring (bicyclic) bond motifs is 1. The first-order valence-electron chi connectivity index (χ1n) is 10.7. The normalized spacial score (nSPS) is 18.5. The smallest absolute Gasteiger partial charge is 0.0772 e. The number of ether oxygens (including phenoxy) is 1. The van der Waals surface area contributed by atoms with Crippen LogP contribution in [-0.2, 0) is 11.3 Å². The molecule has 4 aromatic rings. The van der Waals surface area contributed by atoms with Crippen LogP contribution in [0.1, 0.15) is 23.5 Å². The highest BCUT2D eigenvalue weighted by Gasteiger charge is 2.27. The number of nitrogens with one attached hydrogen (secondary N) is 1. The Hall–Kier alpha value is -2.72. The van der Waals surface area contributed by atoms with Gasteiger partial charge >= 0.3 is 0 Å². The molecule has 0 bridgehead atoms. The van der Waals surface area contributed by atoms with Crippen molar-refractivity contribution in [2.45, 2.75) is 25.0 Å². The van der Waals surface area contributed by atoms with E-state index in [1.807, 2.05) is 18.5 Å². The van der Waals surface area contributed by atoms with Gasteiger partial charge in [0.25, 0.3) is 0 Å². The minimum Gasteiger partial charge on any atom is -0.372 e. The molecule has 3 aromatic carbocycles. The predicted octanol–water partition coefficient (Wildman–Crippen LogP) is 5.99. The Labute approximate surface area is 189 Å². The van der Waals surface area contributed by atoms with Crippen LogP contribution in [0.5, 0.6) is 0 Å². The summed E-state index contributed by atoms with van der Waals surface area (Å²) in [6.45, 7) is 2.54. The van der Waals surface area contributed by atoms with Crippen LogP contribution < -0.4 is 5.32 Å². The Morgan fingerprint density at radius 2 is 1.74 bits per heavy atom. The highest BCUT2D eigenvalue weighted by molar-refractivity contribution is 5.85. The molecule has 1 saturated heterocycles. The van der Waals surface area contributed by atoms with Crippen molar-refractivity contribution in [1.82, 2.24) is 10.3 Å². The molecule has 1 fully saturated rings. The van der Waals surface area contributed by atoms with Crippen LogP contribution in [0.25, 0.3) is 21.9 Å². The molecule has 4 heteroatoms. The van der Waals surface area contributed by atoms with Gasteiger partial charge in [-0.2, -0.15) is 0 Å². The number of halogens is 1. The zero-order chi connectivity index (χ0) is 20.2. The Balaban J connectivity index is 0.00000231. The van der Waals surface area contributed by atoms with E-state index in [1.54, 1.807) is 0 Å². The Bertz CT molecular complexity index is 1130. The average molecular weight is 431 g/mol. The van der Waals surface area contributed by atoms with Crippen LogP contribution in [0.15, 0.2) is 91.3 Å². The lowest BCUT2D eigenvalue weighted by Gasteiger charge is -2.33. The zero-order valence-corrected chi connectivity index (χ0v) is 18.2. The van der Waals surface area contributed by atoms with Crippen molar-refractivity contribution in [3.8, 4) is 11.1 Å². The molecule has 2 atom stereocenters. The van der Waals surface area contributed by atoms with Gasteiger partial charge in [-0.25, -0.2) is 0 Å². The van der Waals surface area contributed by atoms with Gasteiger partial charge in [0.2, 0.25) is 0 Å². The molecule has 31 heavy (non-hydrogen) atoms. The number of benzene rings is 3. The third-order valence-electron chi connectivity index (χ3n) is 6.01. The first-order chi connectivity index (χ1) is 14.9. The summed E-state index contributed by atoms with van der Waals surface area (Å²) in [5.41, 5.74) is 4.94. The van der Waals surface area contributed by atoms with Crippen LogP contribution >= 0.6 is 12.4 Å². The fourth-order valence-electron chi connectivity index (χ4n) is 4.40. The van der Waals surface area contributed by atoms with Crippen molar-refractivity contribution < 1.29 is 4.74 Å². The standard InChI is InChI=1S/C27H26N2O.ClH/c1-2-6-22-15-20(10-11-21(22)5-1)19-30-27-18-29-14-12-26(27)24-8-3-7-23(16-24)25-9-4-13-28-17-25;/h1-11,13,15-17,26-27,29H,12,14,18-19H2;1H/t26-,27+;/m1./s1. The summed E-state index contributed by atoms with van der Waals surface area (Å²) in [5, 5.41) is 6.05. The first kappa shape index (κ1) is 21.5. The van der Waals surface area contributed by atoms with Crippen LogP contribution in [-0.4, -0.2) is 24.2 Å². The summed E-state index contributed by atoms with van der Waals surface area (Å²) in [6, 6.07) is 28.0. The van der Waals surface area contributed by atoms with Gasteiger partial charge in [0.1, 0.15) is 0 Å². The molecule has 1 aliphatic rings. The van der Waals surface area contributed by atoms with E-state index in [0.29, 0.717) is 12.5 Å². The van der Waals surface area contributed by atoms with Gasteiger partial charge in [-0.15, -0.1) is 12.4 Å². The van der Waals surface area contributed by atoms with E-state index in [4.69, 9.17) is 4.74 Å². The molecular weight excluding hydrogens is 404 g/mol. The molecule has 3 nitrogen and oxygen atoms in total. The summed E-state index contributed by atoms with van der Waals surface area (Å²) in [5.74, 6) is 0.392. The summed E-state index contributed by atoms with van der Waals surface area (Å²) in [4.78, 5) is 4.27. The van der Waals surface area contributed by atoms with Crippen molar-refractivity contribution in [3.05, 3.63) is 102 Å². The molecule has 0 radical (unpaired) electrons.